The first-order valence-corrected chi connectivity index (χ1v) is 7.14. The fourth-order valence-electron chi connectivity index (χ4n) is 2.68. The average Bonchev–Trinajstić information content (AvgIpc) is 2.78. The molecular weight excluding hydrogens is 216 g/mol. The maximum atomic E-state index is 5.97. The third kappa shape index (κ3) is 2.47. The Morgan fingerprint density at radius 1 is 1.50 bits per heavy atom. The van der Waals surface area contributed by atoms with Crippen molar-refractivity contribution in [3.8, 4) is 0 Å². The van der Waals surface area contributed by atoms with Crippen molar-refractivity contribution < 1.29 is 0 Å². The van der Waals surface area contributed by atoms with Gasteiger partial charge in [-0.2, -0.15) is 11.3 Å². The number of piperidine rings is 1. The molecule has 90 valence electrons. The van der Waals surface area contributed by atoms with Crippen LogP contribution in [0, 0.1) is 5.92 Å². The van der Waals surface area contributed by atoms with E-state index < -0.39 is 0 Å². The van der Waals surface area contributed by atoms with Gasteiger partial charge in [-0.15, -0.1) is 0 Å². The lowest BCUT2D eigenvalue weighted by Gasteiger charge is -2.41. The summed E-state index contributed by atoms with van der Waals surface area (Å²) in [5.74, 6) is 0.809. The number of nitrogens with two attached hydrogens (primary N) is 1. The van der Waals surface area contributed by atoms with Gasteiger partial charge in [0.25, 0.3) is 0 Å². The molecular formula is C13H22N2S. The standard InChI is InChI=1S/C13H22N2S/c1-10-3-4-11(2)15(8-10)13(7-14)12-5-6-16-9-12/h5-6,9-11,13H,3-4,7-8,14H2,1-2H3. The van der Waals surface area contributed by atoms with Crippen molar-refractivity contribution in [1.29, 1.82) is 0 Å². The lowest BCUT2D eigenvalue weighted by molar-refractivity contribution is 0.0800. The lowest BCUT2D eigenvalue weighted by atomic mass is 9.92. The smallest absolute Gasteiger partial charge is 0.0481 e. The second-order valence-corrected chi connectivity index (χ2v) is 5.82. The molecule has 0 bridgehead atoms. The van der Waals surface area contributed by atoms with Gasteiger partial charge in [0.1, 0.15) is 0 Å². The average molecular weight is 238 g/mol. The van der Waals surface area contributed by atoms with E-state index in [-0.39, 0.29) is 0 Å². The molecule has 0 radical (unpaired) electrons. The summed E-state index contributed by atoms with van der Waals surface area (Å²) in [5, 5.41) is 4.39. The van der Waals surface area contributed by atoms with Crippen LogP contribution in [0.5, 0.6) is 0 Å². The van der Waals surface area contributed by atoms with Crippen LogP contribution in [-0.4, -0.2) is 24.0 Å². The van der Waals surface area contributed by atoms with E-state index in [2.05, 4.69) is 35.6 Å². The number of thiophene rings is 1. The molecule has 1 fully saturated rings. The van der Waals surface area contributed by atoms with Gasteiger partial charge in [0.2, 0.25) is 0 Å². The number of rotatable bonds is 3. The van der Waals surface area contributed by atoms with Crippen LogP contribution in [0.2, 0.25) is 0 Å². The van der Waals surface area contributed by atoms with Crippen molar-refractivity contribution in [2.24, 2.45) is 11.7 Å². The lowest BCUT2D eigenvalue weighted by Crippen LogP contribution is -2.45. The quantitative estimate of drug-likeness (QED) is 0.877. The molecule has 0 spiro atoms. The van der Waals surface area contributed by atoms with E-state index in [1.54, 1.807) is 11.3 Å². The Hall–Kier alpha value is -0.380. The second-order valence-electron chi connectivity index (χ2n) is 5.04. The molecule has 0 aliphatic carbocycles. The number of likely N-dealkylation sites (tertiary alicyclic amines) is 1. The SMILES string of the molecule is CC1CCC(C)N(C(CN)c2ccsc2)C1. The molecule has 2 heterocycles. The zero-order valence-electron chi connectivity index (χ0n) is 10.2. The molecule has 0 aromatic carbocycles. The molecule has 1 aliphatic rings. The summed E-state index contributed by atoms with van der Waals surface area (Å²) in [7, 11) is 0. The molecule has 3 heteroatoms. The van der Waals surface area contributed by atoms with Crippen LogP contribution < -0.4 is 5.73 Å². The minimum absolute atomic E-state index is 0.420. The zero-order valence-corrected chi connectivity index (χ0v) is 11.0. The molecule has 1 aliphatic heterocycles. The van der Waals surface area contributed by atoms with Gasteiger partial charge < -0.3 is 5.73 Å². The first kappa shape index (κ1) is 12.1. The predicted molar refractivity (Wildman–Crippen MR) is 70.7 cm³/mol. The Kier molecular flexibility index (Phi) is 4.00. The number of hydrogen-bond donors (Lipinski definition) is 1. The summed E-state index contributed by atoms with van der Waals surface area (Å²) in [6.45, 7) is 6.60. The Labute approximate surface area is 102 Å². The highest BCUT2D eigenvalue weighted by atomic mass is 32.1. The van der Waals surface area contributed by atoms with Crippen LogP contribution in [-0.2, 0) is 0 Å². The number of hydrogen-bond acceptors (Lipinski definition) is 3. The Balaban J connectivity index is 2.13. The monoisotopic (exact) mass is 238 g/mol. The molecule has 16 heavy (non-hydrogen) atoms. The summed E-state index contributed by atoms with van der Waals surface area (Å²) in [5.41, 5.74) is 7.36. The minimum Gasteiger partial charge on any atom is -0.329 e. The van der Waals surface area contributed by atoms with Crippen molar-refractivity contribution in [2.45, 2.75) is 38.8 Å². The summed E-state index contributed by atoms with van der Waals surface area (Å²) in [6, 6.07) is 3.31. The molecule has 3 unspecified atom stereocenters. The highest BCUT2D eigenvalue weighted by Gasteiger charge is 2.29. The topological polar surface area (TPSA) is 29.3 Å². The normalized spacial score (nSPS) is 29.2. The molecule has 2 nitrogen and oxygen atoms in total. The largest absolute Gasteiger partial charge is 0.329 e. The summed E-state index contributed by atoms with van der Waals surface area (Å²) in [6.07, 6.45) is 2.67. The summed E-state index contributed by atoms with van der Waals surface area (Å²) < 4.78 is 0. The predicted octanol–water partition coefficient (Wildman–Crippen LogP) is 2.87. The Morgan fingerprint density at radius 2 is 2.31 bits per heavy atom. The van der Waals surface area contributed by atoms with Crippen LogP contribution in [0.1, 0.15) is 38.3 Å². The van der Waals surface area contributed by atoms with Crippen LogP contribution in [0.25, 0.3) is 0 Å². The van der Waals surface area contributed by atoms with E-state index in [1.165, 1.54) is 24.9 Å². The second kappa shape index (κ2) is 5.30. The molecule has 0 saturated carbocycles. The Morgan fingerprint density at radius 3 is 2.94 bits per heavy atom. The fraction of sp³-hybridized carbons (Fsp3) is 0.692. The Bertz CT molecular complexity index is 310. The molecule has 1 saturated heterocycles. The van der Waals surface area contributed by atoms with E-state index in [0.717, 1.165) is 12.5 Å². The molecule has 3 atom stereocenters. The third-order valence-corrected chi connectivity index (χ3v) is 4.42. The number of nitrogens with zero attached hydrogens (tertiary/aromatic N) is 1. The van der Waals surface area contributed by atoms with Gasteiger partial charge in [0.15, 0.2) is 0 Å². The van der Waals surface area contributed by atoms with E-state index in [1.807, 2.05) is 0 Å². The van der Waals surface area contributed by atoms with Gasteiger partial charge in [0.05, 0.1) is 0 Å². The third-order valence-electron chi connectivity index (χ3n) is 3.72. The fourth-order valence-corrected chi connectivity index (χ4v) is 3.39. The first-order valence-electron chi connectivity index (χ1n) is 6.20. The van der Waals surface area contributed by atoms with Crippen molar-refractivity contribution in [1.82, 2.24) is 4.90 Å². The molecule has 2 rings (SSSR count). The van der Waals surface area contributed by atoms with Gasteiger partial charge >= 0.3 is 0 Å². The summed E-state index contributed by atoms with van der Waals surface area (Å²) >= 11 is 1.77. The molecule has 0 amide bonds. The zero-order chi connectivity index (χ0) is 11.5. The molecule has 1 aromatic rings. The first-order chi connectivity index (χ1) is 7.72. The van der Waals surface area contributed by atoms with Crippen molar-refractivity contribution in [2.75, 3.05) is 13.1 Å². The van der Waals surface area contributed by atoms with Crippen molar-refractivity contribution in [3.05, 3.63) is 22.4 Å². The highest BCUT2D eigenvalue weighted by Crippen LogP contribution is 2.30. The van der Waals surface area contributed by atoms with Gasteiger partial charge in [-0.1, -0.05) is 6.92 Å². The van der Waals surface area contributed by atoms with Gasteiger partial charge in [0, 0.05) is 25.2 Å². The van der Waals surface area contributed by atoms with E-state index in [9.17, 15) is 0 Å². The molecule has 2 N–H and O–H groups in total. The maximum Gasteiger partial charge on any atom is 0.0481 e. The van der Waals surface area contributed by atoms with Gasteiger partial charge in [-0.25, -0.2) is 0 Å². The van der Waals surface area contributed by atoms with E-state index in [0.29, 0.717) is 12.1 Å². The summed E-state index contributed by atoms with van der Waals surface area (Å²) in [4.78, 5) is 2.59. The van der Waals surface area contributed by atoms with Crippen molar-refractivity contribution >= 4 is 11.3 Å². The molecule has 1 aromatic heterocycles. The van der Waals surface area contributed by atoms with E-state index in [4.69, 9.17) is 5.73 Å². The van der Waals surface area contributed by atoms with Crippen molar-refractivity contribution in [3.63, 3.8) is 0 Å². The highest BCUT2D eigenvalue weighted by molar-refractivity contribution is 7.07. The van der Waals surface area contributed by atoms with E-state index >= 15 is 0 Å². The van der Waals surface area contributed by atoms with Gasteiger partial charge in [-0.05, 0) is 48.1 Å². The van der Waals surface area contributed by atoms with Crippen LogP contribution in [0.15, 0.2) is 16.8 Å². The van der Waals surface area contributed by atoms with Crippen LogP contribution >= 0.6 is 11.3 Å². The minimum atomic E-state index is 0.420. The van der Waals surface area contributed by atoms with Gasteiger partial charge in [-0.3, -0.25) is 4.90 Å². The van der Waals surface area contributed by atoms with Crippen LogP contribution in [0.3, 0.4) is 0 Å². The van der Waals surface area contributed by atoms with Crippen LogP contribution in [0.4, 0.5) is 0 Å². The maximum absolute atomic E-state index is 5.97.